The lowest BCUT2D eigenvalue weighted by molar-refractivity contribution is 0.171. The first kappa shape index (κ1) is 17.6. The Balaban J connectivity index is 1.62. The minimum Gasteiger partial charge on any atom is -0.497 e. The van der Waals surface area contributed by atoms with Gasteiger partial charge in [0.25, 0.3) is 0 Å². The summed E-state index contributed by atoms with van der Waals surface area (Å²) < 4.78 is 16.6. The molecule has 1 N–H and O–H groups in total. The zero-order valence-electron chi connectivity index (χ0n) is 15.1. The molecule has 0 saturated heterocycles. The van der Waals surface area contributed by atoms with E-state index in [0.29, 0.717) is 13.2 Å². The Hall–Kier alpha value is -2.24. The molecule has 0 radical (unpaired) electrons. The smallest absolute Gasteiger partial charge is 0.161 e. The fraction of sp³-hybridized carbons (Fsp3) is 0.400. The fourth-order valence-electron chi connectivity index (χ4n) is 3.00. The van der Waals surface area contributed by atoms with Crippen LogP contribution in [-0.4, -0.2) is 45.9 Å². The largest absolute Gasteiger partial charge is 0.497 e. The normalized spacial score (nSPS) is 14.4. The van der Waals surface area contributed by atoms with Crippen molar-refractivity contribution in [3.8, 4) is 17.2 Å². The van der Waals surface area contributed by atoms with E-state index in [1.54, 1.807) is 7.11 Å². The minimum atomic E-state index is 0.271. The summed E-state index contributed by atoms with van der Waals surface area (Å²) in [5.74, 6) is 2.55. The topological polar surface area (TPSA) is 43.0 Å². The molecule has 2 aromatic carbocycles. The Morgan fingerprint density at radius 3 is 2.64 bits per heavy atom. The van der Waals surface area contributed by atoms with Crippen LogP contribution in [-0.2, 0) is 6.54 Å². The molecule has 2 aromatic rings. The van der Waals surface area contributed by atoms with Crippen molar-refractivity contribution in [2.45, 2.75) is 12.6 Å². The second-order valence-electron chi connectivity index (χ2n) is 6.36. The van der Waals surface area contributed by atoms with Gasteiger partial charge < -0.3 is 24.4 Å². The van der Waals surface area contributed by atoms with Crippen molar-refractivity contribution in [1.82, 2.24) is 10.2 Å². The van der Waals surface area contributed by atoms with Crippen molar-refractivity contribution in [2.24, 2.45) is 0 Å². The van der Waals surface area contributed by atoms with Gasteiger partial charge in [-0.05, 0) is 49.5 Å². The van der Waals surface area contributed by atoms with Gasteiger partial charge in [-0.25, -0.2) is 0 Å². The van der Waals surface area contributed by atoms with Gasteiger partial charge in [-0.2, -0.15) is 0 Å². The molecule has 0 amide bonds. The summed E-state index contributed by atoms with van der Waals surface area (Å²) >= 11 is 0. The van der Waals surface area contributed by atoms with E-state index in [1.165, 1.54) is 11.1 Å². The number of nitrogens with zero attached hydrogens (tertiary/aromatic N) is 1. The maximum Gasteiger partial charge on any atom is 0.161 e. The summed E-state index contributed by atoms with van der Waals surface area (Å²) in [6.07, 6.45) is 0. The molecule has 5 heteroatoms. The molecular formula is C20H26N2O3. The number of methoxy groups -OCH3 is 1. The predicted molar refractivity (Wildman–Crippen MR) is 98.6 cm³/mol. The maximum atomic E-state index is 5.65. The second kappa shape index (κ2) is 8.23. The Bertz CT molecular complexity index is 703. The number of fused-ring (bicyclic) bond motifs is 1. The van der Waals surface area contributed by atoms with Gasteiger partial charge in [0.1, 0.15) is 19.0 Å². The van der Waals surface area contributed by atoms with Crippen molar-refractivity contribution in [1.29, 1.82) is 0 Å². The summed E-state index contributed by atoms with van der Waals surface area (Å²) in [7, 11) is 5.88. The molecule has 5 nitrogen and oxygen atoms in total. The lowest BCUT2D eigenvalue weighted by Gasteiger charge is -2.26. The van der Waals surface area contributed by atoms with Crippen molar-refractivity contribution < 1.29 is 14.2 Å². The first-order valence-electron chi connectivity index (χ1n) is 8.57. The van der Waals surface area contributed by atoms with Crippen LogP contribution < -0.4 is 19.5 Å². The van der Waals surface area contributed by atoms with Gasteiger partial charge in [-0.3, -0.25) is 0 Å². The summed E-state index contributed by atoms with van der Waals surface area (Å²) in [5, 5.41) is 3.55. The molecule has 0 aliphatic carbocycles. The summed E-state index contributed by atoms with van der Waals surface area (Å²) in [6.45, 7) is 2.86. The molecule has 0 bridgehead atoms. The van der Waals surface area contributed by atoms with Crippen LogP contribution in [0.25, 0.3) is 0 Å². The van der Waals surface area contributed by atoms with E-state index >= 15 is 0 Å². The van der Waals surface area contributed by atoms with Gasteiger partial charge in [-0.15, -0.1) is 0 Å². The van der Waals surface area contributed by atoms with Crippen molar-refractivity contribution in [3.05, 3.63) is 53.6 Å². The molecule has 25 heavy (non-hydrogen) atoms. The van der Waals surface area contributed by atoms with Crippen LogP contribution >= 0.6 is 0 Å². The molecule has 1 atom stereocenters. The van der Waals surface area contributed by atoms with Gasteiger partial charge in [-0.1, -0.05) is 18.2 Å². The van der Waals surface area contributed by atoms with Gasteiger partial charge >= 0.3 is 0 Å². The lowest BCUT2D eigenvalue weighted by atomic mass is 10.1. The molecule has 1 aliphatic heterocycles. The number of benzene rings is 2. The van der Waals surface area contributed by atoms with Crippen LogP contribution in [0.5, 0.6) is 17.2 Å². The summed E-state index contributed by atoms with van der Waals surface area (Å²) in [6, 6.07) is 14.6. The molecule has 1 aliphatic rings. The van der Waals surface area contributed by atoms with E-state index in [9.17, 15) is 0 Å². The molecule has 3 rings (SSSR count). The summed E-state index contributed by atoms with van der Waals surface area (Å²) in [5.41, 5.74) is 2.42. The van der Waals surface area contributed by atoms with Crippen LogP contribution in [0, 0.1) is 0 Å². The van der Waals surface area contributed by atoms with Crippen LogP contribution in [0.4, 0.5) is 0 Å². The third-order valence-electron chi connectivity index (χ3n) is 4.38. The molecule has 0 aromatic heterocycles. The Labute approximate surface area is 149 Å². The zero-order chi connectivity index (χ0) is 17.6. The molecule has 0 spiro atoms. The maximum absolute atomic E-state index is 5.65. The third-order valence-corrected chi connectivity index (χ3v) is 4.38. The Morgan fingerprint density at radius 1 is 1.08 bits per heavy atom. The van der Waals surface area contributed by atoms with E-state index in [0.717, 1.165) is 30.3 Å². The monoisotopic (exact) mass is 342 g/mol. The molecule has 0 saturated carbocycles. The van der Waals surface area contributed by atoms with Gasteiger partial charge in [0, 0.05) is 19.1 Å². The third kappa shape index (κ3) is 4.44. The number of likely N-dealkylation sites (N-methyl/N-ethyl adjacent to an activating group) is 1. The van der Waals surface area contributed by atoms with E-state index in [-0.39, 0.29) is 6.04 Å². The number of hydrogen-bond acceptors (Lipinski definition) is 5. The van der Waals surface area contributed by atoms with E-state index in [4.69, 9.17) is 14.2 Å². The van der Waals surface area contributed by atoms with Gasteiger partial charge in [0.15, 0.2) is 11.5 Å². The zero-order valence-corrected chi connectivity index (χ0v) is 15.1. The van der Waals surface area contributed by atoms with Crippen LogP contribution in [0.15, 0.2) is 42.5 Å². The van der Waals surface area contributed by atoms with Crippen LogP contribution in [0.1, 0.15) is 17.2 Å². The Kier molecular flexibility index (Phi) is 5.79. The first-order valence-corrected chi connectivity index (χ1v) is 8.57. The Morgan fingerprint density at radius 2 is 1.88 bits per heavy atom. The highest BCUT2D eigenvalue weighted by Crippen LogP contribution is 2.30. The average molecular weight is 342 g/mol. The predicted octanol–water partition coefficient (Wildman–Crippen LogP) is 2.86. The SMILES string of the molecule is COc1cccc(C(CNCc2ccc3c(c2)OCCO3)N(C)C)c1. The first-order chi connectivity index (χ1) is 12.2. The number of ether oxygens (including phenoxy) is 3. The van der Waals surface area contributed by atoms with Crippen LogP contribution in [0.2, 0.25) is 0 Å². The van der Waals surface area contributed by atoms with Gasteiger partial charge in [0.2, 0.25) is 0 Å². The average Bonchev–Trinajstić information content (AvgIpc) is 2.65. The van der Waals surface area contributed by atoms with E-state index in [2.05, 4.69) is 48.6 Å². The molecule has 0 fully saturated rings. The standard InChI is InChI=1S/C20H26N2O3/c1-22(2)18(16-5-4-6-17(12-16)23-3)14-21-13-15-7-8-19-20(11-15)25-10-9-24-19/h4-8,11-12,18,21H,9-10,13-14H2,1-3H3. The number of hydrogen-bond donors (Lipinski definition) is 1. The molecule has 1 unspecified atom stereocenters. The second-order valence-corrected chi connectivity index (χ2v) is 6.36. The molecular weight excluding hydrogens is 316 g/mol. The van der Waals surface area contributed by atoms with Crippen molar-refractivity contribution >= 4 is 0 Å². The van der Waals surface area contributed by atoms with Crippen molar-refractivity contribution in [2.75, 3.05) is 41.0 Å². The van der Waals surface area contributed by atoms with E-state index in [1.807, 2.05) is 18.2 Å². The quantitative estimate of drug-likeness (QED) is 0.838. The fourth-order valence-corrected chi connectivity index (χ4v) is 3.00. The van der Waals surface area contributed by atoms with Gasteiger partial charge in [0.05, 0.1) is 7.11 Å². The summed E-state index contributed by atoms with van der Waals surface area (Å²) in [4.78, 5) is 2.21. The molecule has 134 valence electrons. The highest BCUT2D eigenvalue weighted by atomic mass is 16.6. The van der Waals surface area contributed by atoms with Crippen molar-refractivity contribution in [3.63, 3.8) is 0 Å². The number of rotatable bonds is 7. The molecule has 1 heterocycles. The highest BCUT2D eigenvalue weighted by molar-refractivity contribution is 5.43. The van der Waals surface area contributed by atoms with E-state index < -0.39 is 0 Å². The lowest BCUT2D eigenvalue weighted by Crippen LogP contribution is -2.30. The number of nitrogens with one attached hydrogen (secondary N) is 1. The van der Waals surface area contributed by atoms with Crippen LogP contribution in [0.3, 0.4) is 0 Å². The minimum absolute atomic E-state index is 0.271. The highest BCUT2D eigenvalue weighted by Gasteiger charge is 2.15.